The molecule has 0 spiro atoms. The van der Waals surface area contributed by atoms with E-state index in [9.17, 15) is 9.18 Å². The molecule has 1 aromatic heterocycles. The molecule has 2 aromatic carbocycles. The zero-order valence-electron chi connectivity index (χ0n) is 13.8. The summed E-state index contributed by atoms with van der Waals surface area (Å²) in [4.78, 5) is 14.2. The highest BCUT2D eigenvalue weighted by Gasteiger charge is 2.26. The molecule has 3 rings (SSSR count). The molecule has 5 nitrogen and oxygen atoms in total. The lowest BCUT2D eigenvalue weighted by Gasteiger charge is -2.20. The lowest BCUT2D eigenvalue weighted by Crippen LogP contribution is -2.27. The van der Waals surface area contributed by atoms with Crippen LogP contribution in [0, 0.1) is 5.82 Å². The van der Waals surface area contributed by atoms with Crippen molar-refractivity contribution in [1.82, 2.24) is 19.7 Å². The number of rotatable bonds is 5. The third-order valence-electron chi connectivity index (χ3n) is 3.62. The number of carbonyl (C=O) groups is 1. The van der Waals surface area contributed by atoms with Gasteiger partial charge in [0, 0.05) is 14.1 Å². The first-order valence-electron chi connectivity index (χ1n) is 7.65. The van der Waals surface area contributed by atoms with Crippen molar-refractivity contribution in [1.29, 1.82) is 0 Å². The molecule has 1 atom stereocenters. The predicted molar refractivity (Wildman–Crippen MR) is 95.1 cm³/mol. The Morgan fingerprint density at radius 3 is 2.48 bits per heavy atom. The number of benzene rings is 2. The second-order valence-electron chi connectivity index (χ2n) is 5.58. The fraction of sp³-hybridized carbons (Fsp3) is 0.167. The molecule has 0 fully saturated rings. The van der Waals surface area contributed by atoms with Crippen LogP contribution >= 0.6 is 11.8 Å². The van der Waals surface area contributed by atoms with E-state index in [2.05, 4.69) is 10.2 Å². The van der Waals surface area contributed by atoms with Gasteiger partial charge in [-0.1, -0.05) is 54.2 Å². The molecule has 128 valence electrons. The molecule has 0 aliphatic heterocycles. The van der Waals surface area contributed by atoms with E-state index in [1.54, 1.807) is 36.9 Å². The van der Waals surface area contributed by atoms with Crippen molar-refractivity contribution in [3.8, 4) is 5.69 Å². The SMILES string of the molecule is CN(C)C(=O)C(Sc1nncn1-c1ccccc1F)c1ccccc1. The molecule has 7 heteroatoms. The predicted octanol–water partition coefficient (Wildman–Crippen LogP) is 3.33. The number of thioether (sulfide) groups is 1. The molecule has 0 radical (unpaired) electrons. The molecule has 0 aliphatic carbocycles. The van der Waals surface area contributed by atoms with Crippen LogP contribution in [-0.4, -0.2) is 39.7 Å². The van der Waals surface area contributed by atoms with Crippen LogP contribution in [0.3, 0.4) is 0 Å². The number of nitrogens with zero attached hydrogens (tertiary/aromatic N) is 4. The molecule has 0 aliphatic rings. The summed E-state index contributed by atoms with van der Waals surface area (Å²) in [5.41, 5.74) is 1.20. The number of aromatic nitrogens is 3. The highest BCUT2D eigenvalue weighted by Crippen LogP contribution is 2.36. The van der Waals surface area contributed by atoms with Gasteiger partial charge in [-0.05, 0) is 17.7 Å². The number of hydrogen-bond acceptors (Lipinski definition) is 4. The lowest BCUT2D eigenvalue weighted by atomic mass is 10.1. The molecule has 0 N–H and O–H groups in total. The monoisotopic (exact) mass is 356 g/mol. The summed E-state index contributed by atoms with van der Waals surface area (Å²) in [6.45, 7) is 0. The summed E-state index contributed by atoms with van der Waals surface area (Å²) in [5, 5.41) is 7.93. The van der Waals surface area contributed by atoms with Gasteiger partial charge in [-0.3, -0.25) is 9.36 Å². The Labute approximate surface area is 149 Å². The highest BCUT2D eigenvalue weighted by molar-refractivity contribution is 8.00. The number of hydrogen-bond donors (Lipinski definition) is 0. The highest BCUT2D eigenvalue weighted by atomic mass is 32.2. The quantitative estimate of drug-likeness (QED) is 0.658. The van der Waals surface area contributed by atoms with Crippen molar-refractivity contribution in [3.63, 3.8) is 0 Å². The summed E-state index contributed by atoms with van der Waals surface area (Å²) in [5.74, 6) is -0.446. The summed E-state index contributed by atoms with van der Waals surface area (Å²) in [7, 11) is 3.42. The van der Waals surface area contributed by atoms with E-state index in [-0.39, 0.29) is 11.7 Å². The third kappa shape index (κ3) is 3.71. The fourth-order valence-electron chi connectivity index (χ4n) is 2.35. The van der Waals surface area contributed by atoms with Gasteiger partial charge in [-0.25, -0.2) is 4.39 Å². The number of para-hydroxylation sites is 1. The van der Waals surface area contributed by atoms with Gasteiger partial charge in [0.1, 0.15) is 17.4 Å². The van der Waals surface area contributed by atoms with Crippen LogP contribution in [0.5, 0.6) is 0 Å². The maximum atomic E-state index is 14.1. The third-order valence-corrected chi connectivity index (χ3v) is 4.82. The molecule has 3 aromatic rings. The van der Waals surface area contributed by atoms with Crippen molar-refractivity contribution in [3.05, 3.63) is 72.3 Å². The maximum Gasteiger partial charge on any atom is 0.240 e. The Bertz CT molecular complexity index is 866. The second-order valence-corrected chi connectivity index (χ2v) is 6.65. The van der Waals surface area contributed by atoms with E-state index >= 15 is 0 Å². The summed E-state index contributed by atoms with van der Waals surface area (Å²) in [6.07, 6.45) is 1.45. The van der Waals surface area contributed by atoms with Crippen molar-refractivity contribution in [2.45, 2.75) is 10.4 Å². The zero-order valence-corrected chi connectivity index (χ0v) is 14.7. The Morgan fingerprint density at radius 2 is 1.80 bits per heavy atom. The van der Waals surface area contributed by atoms with Crippen LogP contribution in [0.15, 0.2) is 66.1 Å². The van der Waals surface area contributed by atoms with E-state index in [1.807, 2.05) is 30.3 Å². The van der Waals surface area contributed by atoms with E-state index in [0.717, 1.165) is 5.56 Å². The van der Waals surface area contributed by atoms with Crippen molar-refractivity contribution >= 4 is 17.7 Å². The second kappa shape index (κ2) is 7.48. The minimum absolute atomic E-state index is 0.0701. The van der Waals surface area contributed by atoms with Crippen molar-refractivity contribution in [2.24, 2.45) is 0 Å². The van der Waals surface area contributed by atoms with Gasteiger partial charge in [0.15, 0.2) is 5.16 Å². The van der Waals surface area contributed by atoms with Gasteiger partial charge in [-0.2, -0.15) is 0 Å². The number of carbonyl (C=O) groups excluding carboxylic acids is 1. The molecular formula is C18H17FN4OS. The molecular weight excluding hydrogens is 339 g/mol. The smallest absolute Gasteiger partial charge is 0.240 e. The summed E-state index contributed by atoms with van der Waals surface area (Å²) in [6, 6.07) is 15.8. The van der Waals surface area contributed by atoms with Crippen LogP contribution in [0.25, 0.3) is 5.69 Å². The van der Waals surface area contributed by atoms with Gasteiger partial charge in [0.05, 0.1) is 5.69 Å². The van der Waals surface area contributed by atoms with Crippen LogP contribution in [0.4, 0.5) is 4.39 Å². The normalized spacial score (nSPS) is 12.0. The minimum atomic E-state index is -0.495. The first-order chi connectivity index (χ1) is 12.1. The zero-order chi connectivity index (χ0) is 17.8. The Hall–Kier alpha value is -2.67. The van der Waals surface area contributed by atoms with E-state index in [1.165, 1.54) is 29.1 Å². The standard InChI is InChI=1S/C18H17FN4OS/c1-22(2)17(24)16(13-8-4-3-5-9-13)25-18-21-20-12-23(18)15-11-7-6-10-14(15)19/h3-12,16H,1-2H3. The van der Waals surface area contributed by atoms with Crippen LogP contribution in [0.1, 0.15) is 10.8 Å². The molecule has 0 saturated heterocycles. The van der Waals surface area contributed by atoms with Gasteiger partial charge in [0.25, 0.3) is 0 Å². The van der Waals surface area contributed by atoms with E-state index in [0.29, 0.717) is 10.8 Å². The maximum absolute atomic E-state index is 14.1. The molecule has 1 heterocycles. The minimum Gasteiger partial charge on any atom is -0.348 e. The number of amides is 1. The van der Waals surface area contributed by atoms with Gasteiger partial charge >= 0.3 is 0 Å². The fourth-order valence-corrected chi connectivity index (χ4v) is 3.51. The molecule has 1 unspecified atom stereocenters. The van der Waals surface area contributed by atoms with Gasteiger partial charge in [0.2, 0.25) is 5.91 Å². The first kappa shape index (κ1) is 17.2. The van der Waals surface area contributed by atoms with Crippen molar-refractivity contribution in [2.75, 3.05) is 14.1 Å². The molecule has 0 bridgehead atoms. The Balaban J connectivity index is 1.98. The first-order valence-corrected chi connectivity index (χ1v) is 8.53. The van der Waals surface area contributed by atoms with Crippen LogP contribution in [0.2, 0.25) is 0 Å². The lowest BCUT2D eigenvalue weighted by molar-refractivity contribution is -0.128. The van der Waals surface area contributed by atoms with Gasteiger partial charge in [-0.15, -0.1) is 10.2 Å². The van der Waals surface area contributed by atoms with E-state index in [4.69, 9.17) is 0 Å². The Morgan fingerprint density at radius 1 is 1.12 bits per heavy atom. The summed E-state index contributed by atoms with van der Waals surface area (Å²) < 4.78 is 15.7. The van der Waals surface area contributed by atoms with Crippen LogP contribution in [-0.2, 0) is 4.79 Å². The largest absolute Gasteiger partial charge is 0.348 e. The van der Waals surface area contributed by atoms with Crippen molar-refractivity contribution < 1.29 is 9.18 Å². The average Bonchev–Trinajstić information content (AvgIpc) is 3.08. The summed E-state index contributed by atoms with van der Waals surface area (Å²) >= 11 is 1.25. The molecule has 0 saturated carbocycles. The topological polar surface area (TPSA) is 51.0 Å². The molecule has 1 amide bonds. The van der Waals surface area contributed by atoms with Crippen LogP contribution < -0.4 is 0 Å². The average molecular weight is 356 g/mol. The number of likely N-dealkylation sites (N-methyl/N-ethyl adjacent to an activating group) is 1. The van der Waals surface area contributed by atoms with E-state index < -0.39 is 5.25 Å². The molecule has 25 heavy (non-hydrogen) atoms. The van der Waals surface area contributed by atoms with Gasteiger partial charge < -0.3 is 4.90 Å². The number of halogens is 1. The Kier molecular flexibility index (Phi) is 5.14.